The Hall–Kier alpha value is -0.120. The molecule has 0 aromatic rings. The summed E-state index contributed by atoms with van der Waals surface area (Å²) in [5.41, 5.74) is 5.82. The minimum absolute atomic E-state index is 0.285. The molecule has 0 saturated carbocycles. The molecule has 0 bridgehead atoms. The second-order valence-electron chi connectivity index (χ2n) is 4.39. The van der Waals surface area contributed by atoms with E-state index in [2.05, 4.69) is 31.0 Å². The summed E-state index contributed by atoms with van der Waals surface area (Å²) in [5.74, 6) is 0.723. The Bertz CT molecular complexity index is 147. The van der Waals surface area contributed by atoms with Gasteiger partial charge in [0.2, 0.25) is 0 Å². The fraction of sp³-hybridized carbons (Fsp3) is 1.00. The van der Waals surface area contributed by atoms with Crippen LogP contribution in [-0.4, -0.2) is 43.2 Å². The molecule has 3 N–H and O–H groups in total. The molecule has 3 heteroatoms. The van der Waals surface area contributed by atoms with Gasteiger partial charge in [-0.2, -0.15) is 0 Å². The Morgan fingerprint density at radius 2 is 2.23 bits per heavy atom. The highest BCUT2D eigenvalue weighted by molar-refractivity contribution is 4.80. The molecule has 78 valence electrons. The van der Waals surface area contributed by atoms with E-state index in [1.54, 1.807) is 0 Å². The van der Waals surface area contributed by atoms with Gasteiger partial charge >= 0.3 is 0 Å². The smallest absolute Gasteiger partial charge is 0.0139 e. The summed E-state index contributed by atoms with van der Waals surface area (Å²) in [6.45, 7) is 11.1. The molecule has 0 aromatic carbocycles. The fourth-order valence-corrected chi connectivity index (χ4v) is 1.91. The van der Waals surface area contributed by atoms with Crippen molar-refractivity contribution in [1.82, 2.24) is 10.2 Å². The number of hydrogen-bond donors (Lipinski definition) is 2. The van der Waals surface area contributed by atoms with E-state index in [1.165, 1.54) is 0 Å². The number of nitrogens with two attached hydrogens (primary N) is 1. The van der Waals surface area contributed by atoms with Gasteiger partial charge in [-0.15, -0.1) is 0 Å². The summed E-state index contributed by atoms with van der Waals surface area (Å²) in [4.78, 5) is 2.50. The number of hydrogen-bond acceptors (Lipinski definition) is 3. The molecule has 0 radical (unpaired) electrons. The lowest BCUT2D eigenvalue weighted by Gasteiger charge is -2.31. The molecule has 3 atom stereocenters. The molecule has 1 rings (SSSR count). The minimum atomic E-state index is 0.285. The summed E-state index contributed by atoms with van der Waals surface area (Å²) >= 11 is 0. The molecule has 0 aliphatic carbocycles. The normalized spacial score (nSPS) is 34.2. The van der Waals surface area contributed by atoms with Gasteiger partial charge in [0, 0.05) is 31.7 Å². The highest BCUT2D eigenvalue weighted by atomic mass is 15.2. The average molecular weight is 185 g/mol. The topological polar surface area (TPSA) is 41.3 Å². The summed E-state index contributed by atoms with van der Waals surface area (Å²) in [6, 6.07) is 0.939. The van der Waals surface area contributed by atoms with Crippen LogP contribution < -0.4 is 11.1 Å². The lowest BCUT2D eigenvalue weighted by molar-refractivity contribution is 0.177. The first-order valence-electron chi connectivity index (χ1n) is 5.31. The van der Waals surface area contributed by atoms with Crippen molar-refractivity contribution in [2.24, 2.45) is 11.7 Å². The molecule has 1 aliphatic rings. The van der Waals surface area contributed by atoms with Gasteiger partial charge in [0.25, 0.3) is 0 Å². The Labute approximate surface area is 81.7 Å². The highest BCUT2D eigenvalue weighted by Crippen LogP contribution is 2.12. The molecule has 1 fully saturated rings. The lowest BCUT2D eigenvalue weighted by Crippen LogP contribution is -2.44. The van der Waals surface area contributed by atoms with Crippen LogP contribution >= 0.6 is 0 Å². The van der Waals surface area contributed by atoms with Crippen LogP contribution in [0.25, 0.3) is 0 Å². The zero-order chi connectivity index (χ0) is 9.84. The molecular weight excluding hydrogens is 162 g/mol. The summed E-state index contributed by atoms with van der Waals surface area (Å²) in [6.07, 6.45) is 0. The van der Waals surface area contributed by atoms with Gasteiger partial charge in [0.1, 0.15) is 0 Å². The number of nitrogens with zero attached hydrogens (tertiary/aromatic N) is 1. The van der Waals surface area contributed by atoms with Gasteiger partial charge in [-0.25, -0.2) is 0 Å². The van der Waals surface area contributed by atoms with E-state index in [0.717, 1.165) is 32.1 Å². The minimum Gasteiger partial charge on any atom is -0.327 e. The van der Waals surface area contributed by atoms with Crippen LogP contribution in [-0.2, 0) is 0 Å². The van der Waals surface area contributed by atoms with Crippen molar-refractivity contribution in [2.75, 3.05) is 26.2 Å². The quantitative estimate of drug-likeness (QED) is 0.648. The molecule has 1 heterocycles. The summed E-state index contributed by atoms with van der Waals surface area (Å²) in [7, 11) is 0. The fourth-order valence-electron chi connectivity index (χ4n) is 1.91. The van der Waals surface area contributed by atoms with Crippen LogP contribution in [0.4, 0.5) is 0 Å². The summed E-state index contributed by atoms with van der Waals surface area (Å²) < 4.78 is 0. The van der Waals surface area contributed by atoms with Gasteiger partial charge in [-0.05, 0) is 26.3 Å². The van der Waals surface area contributed by atoms with E-state index in [4.69, 9.17) is 5.73 Å². The molecular formula is C10H23N3. The number of nitrogens with one attached hydrogen (secondary N) is 1. The lowest BCUT2D eigenvalue weighted by atomic mass is 10.0. The second-order valence-corrected chi connectivity index (χ2v) is 4.39. The van der Waals surface area contributed by atoms with E-state index in [-0.39, 0.29) is 6.04 Å². The first-order valence-corrected chi connectivity index (χ1v) is 5.31. The largest absolute Gasteiger partial charge is 0.327 e. The van der Waals surface area contributed by atoms with E-state index in [1.807, 2.05) is 0 Å². The molecule has 0 amide bonds. The van der Waals surface area contributed by atoms with Gasteiger partial charge in [-0.1, -0.05) is 6.92 Å². The van der Waals surface area contributed by atoms with Gasteiger partial charge in [-0.3, -0.25) is 4.90 Å². The first kappa shape index (κ1) is 11.0. The van der Waals surface area contributed by atoms with Crippen LogP contribution in [0.3, 0.4) is 0 Å². The Kier molecular flexibility index (Phi) is 4.16. The molecule has 3 unspecified atom stereocenters. The maximum atomic E-state index is 5.82. The summed E-state index contributed by atoms with van der Waals surface area (Å²) in [5, 5.41) is 3.45. The van der Waals surface area contributed by atoms with Crippen molar-refractivity contribution in [2.45, 2.75) is 32.9 Å². The second kappa shape index (κ2) is 4.94. The molecule has 13 heavy (non-hydrogen) atoms. The Morgan fingerprint density at radius 1 is 1.54 bits per heavy atom. The van der Waals surface area contributed by atoms with Crippen LogP contribution in [0.1, 0.15) is 20.8 Å². The maximum absolute atomic E-state index is 5.82. The van der Waals surface area contributed by atoms with Crippen molar-refractivity contribution in [1.29, 1.82) is 0 Å². The predicted molar refractivity (Wildman–Crippen MR) is 56.7 cm³/mol. The first-order chi connectivity index (χ1) is 6.11. The van der Waals surface area contributed by atoms with E-state index in [0.29, 0.717) is 6.04 Å². The van der Waals surface area contributed by atoms with Crippen molar-refractivity contribution in [3.05, 3.63) is 0 Å². The Morgan fingerprint density at radius 3 is 2.85 bits per heavy atom. The van der Waals surface area contributed by atoms with Crippen LogP contribution in [0.2, 0.25) is 0 Å². The molecule has 1 aliphatic heterocycles. The molecule has 0 spiro atoms. The average Bonchev–Trinajstić information content (AvgIpc) is 2.19. The van der Waals surface area contributed by atoms with Crippen molar-refractivity contribution >= 4 is 0 Å². The van der Waals surface area contributed by atoms with E-state index < -0.39 is 0 Å². The third kappa shape index (κ3) is 3.25. The third-order valence-electron chi connectivity index (χ3n) is 2.96. The van der Waals surface area contributed by atoms with Crippen molar-refractivity contribution < 1.29 is 0 Å². The van der Waals surface area contributed by atoms with Crippen molar-refractivity contribution in [3.8, 4) is 0 Å². The molecule has 3 nitrogen and oxygen atoms in total. The Balaban J connectivity index is 2.49. The zero-order valence-electron chi connectivity index (χ0n) is 9.09. The maximum Gasteiger partial charge on any atom is 0.0139 e. The number of rotatable bonds is 2. The van der Waals surface area contributed by atoms with Crippen molar-refractivity contribution in [3.63, 3.8) is 0 Å². The van der Waals surface area contributed by atoms with E-state index in [9.17, 15) is 0 Å². The third-order valence-corrected chi connectivity index (χ3v) is 2.96. The monoisotopic (exact) mass is 185 g/mol. The SMILES string of the molecule is CC(N)CN1CCNCC(C)C1C. The molecule has 0 aromatic heterocycles. The van der Waals surface area contributed by atoms with Crippen LogP contribution in [0.15, 0.2) is 0 Å². The zero-order valence-corrected chi connectivity index (χ0v) is 9.09. The van der Waals surface area contributed by atoms with E-state index >= 15 is 0 Å². The van der Waals surface area contributed by atoms with Gasteiger partial charge in [0.15, 0.2) is 0 Å². The standard InChI is InChI=1S/C10H23N3/c1-8-6-12-4-5-13(10(8)3)7-9(2)11/h8-10,12H,4-7,11H2,1-3H3. The van der Waals surface area contributed by atoms with Gasteiger partial charge in [0.05, 0.1) is 0 Å². The van der Waals surface area contributed by atoms with Crippen LogP contribution in [0, 0.1) is 5.92 Å². The predicted octanol–water partition coefficient (Wildman–Crippen LogP) is 0.263. The van der Waals surface area contributed by atoms with Gasteiger partial charge < -0.3 is 11.1 Å². The molecule has 1 saturated heterocycles. The highest BCUT2D eigenvalue weighted by Gasteiger charge is 2.22. The van der Waals surface area contributed by atoms with Crippen LogP contribution in [0.5, 0.6) is 0 Å².